The van der Waals surface area contributed by atoms with Gasteiger partial charge in [-0.25, -0.2) is 4.79 Å². The van der Waals surface area contributed by atoms with Gasteiger partial charge in [0.1, 0.15) is 13.1 Å². The SMILES string of the molecule is CCOC(=O)c1ccc2c(c1)sc(=NC(=O)CN1C(=O)c3ccccc3C1=O)n2CC(=O)OC. The molecular weight excluding hydrogens is 462 g/mol. The van der Waals surface area contributed by atoms with Crippen LogP contribution in [-0.4, -0.2) is 59.4 Å². The van der Waals surface area contributed by atoms with E-state index >= 15 is 0 Å². The second-order valence-corrected chi connectivity index (χ2v) is 8.21. The second-order valence-electron chi connectivity index (χ2n) is 7.20. The lowest BCUT2D eigenvalue weighted by Gasteiger charge is -2.10. The summed E-state index contributed by atoms with van der Waals surface area (Å²) in [6, 6.07) is 11.1. The molecule has 0 fully saturated rings. The summed E-state index contributed by atoms with van der Waals surface area (Å²) in [6.45, 7) is 1.14. The average Bonchev–Trinajstić information content (AvgIpc) is 3.28. The van der Waals surface area contributed by atoms with Crippen molar-refractivity contribution in [3.05, 3.63) is 64.0 Å². The Hall–Kier alpha value is -4.12. The fraction of sp³-hybridized carbons (Fsp3) is 0.217. The van der Waals surface area contributed by atoms with Crippen LogP contribution in [0.3, 0.4) is 0 Å². The van der Waals surface area contributed by atoms with E-state index in [1.807, 2.05) is 0 Å². The van der Waals surface area contributed by atoms with E-state index in [9.17, 15) is 24.0 Å². The molecule has 0 bridgehead atoms. The number of fused-ring (bicyclic) bond motifs is 2. The Bertz CT molecular complexity index is 1380. The maximum atomic E-state index is 12.7. The molecule has 2 aromatic carbocycles. The summed E-state index contributed by atoms with van der Waals surface area (Å²) < 4.78 is 11.8. The van der Waals surface area contributed by atoms with E-state index in [0.29, 0.717) is 15.8 Å². The van der Waals surface area contributed by atoms with Crippen molar-refractivity contribution in [3.63, 3.8) is 0 Å². The number of imide groups is 1. The standard InChI is InChI=1S/C23H19N3O7S/c1-3-33-22(31)13-8-9-16-17(10-13)34-23(25(16)12-19(28)32-2)24-18(27)11-26-20(29)14-6-4-5-7-15(14)21(26)30/h4-10H,3,11-12H2,1-2H3. The number of esters is 2. The molecule has 11 heteroatoms. The molecule has 0 aliphatic carbocycles. The van der Waals surface area contributed by atoms with Crippen LogP contribution in [0.1, 0.15) is 38.0 Å². The molecule has 0 radical (unpaired) electrons. The average molecular weight is 481 g/mol. The molecular formula is C23H19N3O7S. The summed E-state index contributed by atoms with van der Waals surface area (Å²) in [6.07, 6.45) is 0. The van der Waals surface area contributed by atoms with Crippen molar-refractivity contribution in [1.29, 1.82) is 0 Å². The highest BCUT2D eigenvalue weighted by Crippen LogP contribution is 2.23. The van der Waals surface area contributed by atoms with Gasteiger partial charge in [-0.3, -0.25) is 24.1 Å². The van der Waals surface area contributed by atoms with Crippen molar-refractivity contribution in [2.75, 3.05) is 20.3 Å². The third-order valence-corrected chi connectivity index (χ3v) is 6.14. The highest BCUT2D eigenvalue weighted by Gasteiger charge is 2.36. The number of methoxy groups -OCH3 is 1. The van der Waals surface area contributed by atoms with Gasteiger partial charge in [0.15, 0.2) is 4.80 Å². The van der Waals surface area contributed by atoms with Crippen LogP contribution in [-0.2, 0) is 25.6 Å². The minimum atomic E-state index is -0.745. The summed E-state index contributed by atoms with van der Waals surface area (Å²) in [5.41, 5.74) is 1.32. The van der Waals surface area contributed by atoms with Crippen LogP contribution >= 0.6 is 11.3 Å². The molecule has 0 spiro atoms. The van der Waals surface area contributed by atoms with Crippen LogP contribution in [0.25, 0.3) is 10.2 Å². The molecule has 1 aliphatic heterocycles. The molecule has 4 rings (SSSR count). The van der Waals surface area contributed by atoms with Gasteiger partial charge < -0.3 is 14.0 Å². The minimum Gasteiger partial charge on any atom is -0.468 e. The maximum absolute atomic E-state index is 12.7. The van der Waals surface area contributed by atoms with Gasteiger partial charge in [-0.2, -0.15) is 4.99 Å². The van der Waals surface area contributed by atoms with Crippen molar-refractivity contribution in [2.24, 2.45) is 4.99 Å². The third-order valence-electron chi connectivity index (χ3n) is 5.10. The number of carbonyl (C=O) groups is 5. The molecule has 1 aromatic heterocycles. The lowest BCUT2D eigenvalue weighted by Crippen LogP contribution is -2.35. The predicted octanol–water partition coefficient (Wildman–Crippen LogP) is 1.78. The Kier molecular flexibility index (Phi) is 6.37. The van der Waals surface area contributed by atoms with Gasteiger partial charge in [-0.15, -0.1) is 0 Å². The number of benzene rings is 2. The van der Waals surface area contributed by atoms with Crippen LogP contribution in [0.2, 0.25) is 0 Å². The van der Waals surface area contributed by atoms with Gasteiger partial charge in [0.05, 0.1) is 40.6 Å². The summed E-state index contributed by atoms with van der Waals surface area (Å²) in [5, 5.41) is 0. The number of thiazole rings is 1. The van der Waals surface area contributed by atoms with Crippen LogP contribution in [0.5, 0.6) is 0 Å². The first-order chi connectivity index (χ1) is 16.3. The van der Waals surface area contributed by atoms with Crippen molar-refractivity contribution >= 4 is 51.2 Å². The Morgan fingerprint density at radius 3 is 2.29 bits per heavy atom. The van der Waals surface area contributed by atoms with E-state index in [-0.39, 0.29) is 29.1 Å². The van der Waals surface area contributed by atoms with Crippen LogP contribution in [0.15, 0.2) is 47.5 Å². The molecule has 3 aromatic rings. The van der Waals surface area contributed by atoms with E-state index < -0.39 is 36.2 Å². The normalized spacial score (nSPS) is 13.4. The molecule has 3 amide bonds. The lowest BCUT2D eigenvalue weighted by molar-refractivity contribution is -0.141. The van der Waals surface area contributed by atoms with Gasteiger partial charge >= 0.3 is 11.9 Å². The largest absolute Gasteiger partial charge is 0.468 e. The molecule has 0 saturated carbocycles. The van der Waals surface area contributed by atoms with Gasteiger partial charge in [-0.05, 0) is 37.3 Å². The monoisotopic (exact) mass is 481 g/mol. The zero-order valence-corrected chi connectivity index (χ0v) is 19.1. The molecule has 0 saturated heterocycles. The van der Waals surface area contributed by atoms with E-state index in [4.69, 9.17) is 9.47 Å². The van der Waals surface area contributed by atoms with Crippen molar-refractivity contribution < 1.29 is 33.4 Å². The third kappa shape index (κ3) is 4.25. The number of hydrogen-bond donors (Lipinski definition) is 0. The molecule has 174 valence electrons. The Morgan fingerprint density at radius 1 is 1.00 bits per heavy atom. The Balaban J connectivity index is 1.69. The fourth-order valence-corrected chi connectivity index (χ4v) is 4.59. The fourth-order valence-electron chi connectivity index (χ4n) is 3.51. The zero-order valence-electron chi connectivity index (χ0n) is 18.3. The summed E-state index contributed by atoms with van der Waals surface area (Å²) >= 11 is 1.07. The minimum absolute atomic E-state index is 0.156. The lowest BCUT2D eigenvalue weighted by atomic mass is 10.1. The summed E-state index contributed by atoms with van der Waals surface area (Å²) in [5.74, 6) is -2.95. The number of amides is 3. The number of rotatable bonds is 6. The van der Waals surface area contributed by atoms with Crippen molar-refractivity contribution in [2.45, 2.75) is 13.5 Å². The highest BCUT2D eigenvalue weighted by atomic mass is 32.1. The molecule has 10 nitrogen and oxygen atoms in total. The molecule has 0 N–H and O–H groups in total. The Labute approximate surface area is 197 Å². The van der Waals surface area contributed by atoms with Crippen molar-refractivity contribution in [3.8, 4) is 0 Å². The predicted molar refractivity (Wildman–Crippen MR) is 120 cm³/mol. The first-order valence-electron chi connectivity index (χ1n) is 10.2. The van der Waals surface area contributed by atoms with Gasteiger partial charge in [0.25, 0.3) is 17.7 Å². The van der Waals surface area contributed by atoms with Gasteiger partial charge in [-0.1, -0.05) is 23.5 Å². The van der Waals surface area contributed by atoms with Crippen molar-refractivity contribution in [1.82, 2.24) is 9.47 Å². The number of nitrogens with zero attached hydrogens (tertiary/aromatic N) is 3. The number of carbonyl (C=O) groups excluding carboxylic acids is 5. The molecule has 1 aliphatic rings. The van der Waals surface area contributed by atoms with Crippen LogP contribution in [0, 0.1) is 0 Å². The molecule has 0 atom stereocenters. The number of hydrogen-bond acceptors (Lipinski definition) is 8. The molecule has 0 unspecified atom stereocenters. The summed E-state index contributed by atoms with van der Waals surface area (Å²) in [7, 11) is 1.24. The van der Waals surface area contributed by atoms with Crippen LogP contribution in [0.4, 0.5) is 0 Å². The maximum Gasteiger partial charge on any atom is 0.338 e. The zero-order chi connectivity index (χ0) is 24.4. The van der Waals surface area contributed by atoms with E-state index in [0.717, 1.165) is 16.2 Å². The molecule has 34 heavy (non-hydrogen) atoms. The number of ether oxygens (including phenoxy) is 2. The van der Waals surface area contributed by atoms with E-state index in [1.54, 1.807) is 37.3 Å². The second kappa shape index (κ2) is 9.40. The number of aromatic nitrogens is 1. The quantitative estimate of drug-likeness (QED) is 0.388. The summed E-state index contributed by atoms with van der Waals surface area (Å²) in [4.78, 5) is 67.0. The molecule has 2 heterocycles. The van der Waals surface area contributed by atoms with Gasteiger partial charge in [0, 0.05) is 0 Å². The van der Waals surface area contributed by atoms with Gasteiger partial charge in [0.2, 0.25) is 0 Å². The van der Waals surface area contributed by atoms with E-state index in [2.05, 4.69) is 4.99 Å². The Morgan fingerprint density at radius 2 is 1.68 bits per heavy atom. The first-order valence-corrected chi connectivity index (χ1v) is 11.1. The first kappa shape index (κ1) is 23.1. The topological polar surface area (TPSA) is 124 Å². The highest BCUT2D eigenvalue weighted by molar-refractivity contribution is 7.16. The smallest absolute Gasteiger partial charge is 0.338 e. The van der Waals surface area contributed by atoms with Crippen LogP contribution < -0.4 is 4.80 Å². The van der Waals surface area contributed by atoms with E-state index in [1.165, 1.54) is 23.8 Å².